The summed E-state index contributed by atoms with van der Waals surface area (Å²) in [5.41, 5.74) is 0.122. The van der Waals surface area contributed by atoms with E-state index in [0.717, 1.165) is 27.4 Å². The number of imide groups is 1. The molecule has 0 aromatic heterocycles. The number of halogens is 3. The average Bonchev–Trinajstić information content (AvgIpc) is 3.04. The Morgan fingerprint density at radius 1 is 1.12 bits per heavy atom. The average molecular weight is 505 g/mol. The number of anilines is 1. The Hall–Kier alpha value is -2.08. The fourth-order valence-electron chi connectivity index (χ4n) is 3.29. The molecule has 2 aromatic carbocycles. The maximum absolute atomic E-state index is 13.5. The van der Waals surface area contributed by atoms with Gasteiger partial charge in [0.1, 0.15) is 16.8 Å². The second-order valence-corrected chi connectivity index (χ2v) is 9.52. The van der Waals surface area contributed by atoms with Crippen LogP contribution in [-0.4, -0.2) is 57.6 Å². The van der Waals surface area contributed by atoms with Gasteiger partial charge >= 0.3 is 0 Å². The van der Waals surface area contributed by atoms with Crippen LogP contribution >= 0.6 is 23.2 Å². The summed E-state index contributed by atoms with van der Waals surface area (Å²) in [5.74, 6) is -1.99. The molecular weight excluding hydrogens is 486 g/mol. The maximum atomic E-state index is 13.5. The Kier molecular flexibility index (Phi) is 7.53. The van der Waals surface area contributed by atoms with Crippen LogP contribution in [0.3, 0.4) is 0 Å². The number of sulfonamides is 1. The molecule has 1 heterocycles. The zero-order valence-electron chi connectivity index (χ0n) is 17.0. The van der Waals surface area contributed by atoms with Crippen molar-refractivity contribution < 1.29 is 31.9 Å². The van der Waals surface area contributed by atoms with Gasteiger partial charge in [-0.3, -0.25) is 9.59 Å². The lowest BCUT2D eigenvalue weighted by Gasteiger charge is -2.29. The number of benzene rings is 2. The van der Waals surface area contributed by atoms with E-state index in [9.17, 15) is 22.4 Å². The highest BCUT2D eigenvalue weighted by atomic mass is 35.5. The molecule has 2 amide bonds. The Labute approximate surface area is 194 Å². The van der Waals surface area contributed by atoms with Crippen molar-refractivity contribution in [2.24, 2.45) is 0 Å². The summed E-state index contributed by atoms with van der Waals surface area (Å²) in [7, 11) is -1.82. The van der Waals surface area contributed by atoms with Crippen molar-refractivity contribution in [3.05, 3.63) is 58.3 Å². The largest absolute Gasteiger partial charge is 0.354 e. The van der Waals surface area contributed by atoms with Crippen molar-refractivity contribution in [2.45, 2.75) is 23.6 Å². The van der Waals surface area contributed by atoms with Crippen LogP contribution in [-0.2, 0) is 29.1 Å². The summed E-state index contributed by atoms with van der Waals surface area (Å²) in [6, 6.07) is 7.18. The number of carbonyl (C=O) groups is 2. The lowest BCUT2D eigenvalue weighted by atomic mass is 10.2. The predicted molar refractivity (Wildman–Crippen MR) is 115 cm³/mol. The van der Waals surface area contributed by atoms with E-state index in [1.54, 1.807) is 0 Å². The fourth-order valence-corrected chi connectivity index (χ4v) is 5.60. The summed E-state index contributed by atoms with van der Waals surface area (Å²) < 4.78 is 51.4. The molecule has 1 saturated heterocycles. The van der Waals surface area contributed by atoms with Crippen LogP contribution < -0.4 is 4.90 Å². The second-order valence-electron chi connectivity index (χ2n) is 6.81. The number of hydrogen-bond donors (Lipinski definition) is 0. The minimum atomic E-state index is -4.42. The number of nitrogens with zero attached hydrogens (tertiary/aromatic N) is 2. The van der Waals surface area contributed by atoms with Crippen LogP contribution in [0.1, 0.15) is 6.42 Å². The van der Waals surface area contributed by atoms with Crippen molar-refractivity contribution in [3.8, 4) is 0 Å². The molecule has 0 radical (unpaired) electrons. The van der Waals surface area contributed by atoms with Crippen molar-refractivity contribution >= 4 is 50.7 Å². The third kappa shape index (κ3) is 4.80. The van der Waals surface area contributed by atoms with E-state index in [1.165, 1.54) is 38.5 Å². The molecule has 1 fully saturated rings. The molecule has 32 heavy (non-hydrogen) atoms. The lowest BCUT2D eigenvalue weighted by molar-refractivity contribution is -0.125. The van der Waals surface area contributed by atoms with Gasteiger partial charge in [-0.25, -0.2) is 17.7 Å². The van der Waals surface area contributed by atoms with Crippen molar-refractivity contribution in [2.75, 3.05) is 25.7 Å². The van der Waals surface area contributed by atoms with Crippen LogP contribution in [0.15, 0.2) is 47.4 Å². The monoisotopic (exact) mass is 504 g/mol. The summed E-state index contributed by atoms with van der Waals surface area (Å²) in [5, 5.41) is 0.00247. The Morgan fingerprint density at radius 3 is 2.34 bits per heavy atom. The molecule has 1 atom stereocenters. The van der Waals surface area contributed by atoms with Crippen LogP contribution in [0.5, 0.6) is 0 Å². The molecule has 2 aromatic rings. The van der Waals surface area contributed by atoms with E-state index in [2.05, 4.69) is 0 Å². The molecule has 0 spiro atoms. The van der Waals surface area contributed by atoms with E-state index < -0.39 is 53.0 Å². The Bertz CT molecular complexity index is 1130. The van der Waals surface area contributed by atoms with E-state index in [0.29, 0.717) is 0 Å². The first kappa shape index (κ1) is 24.6. The highest BCUT2D eigenvalue weighted by Gasteiger charge is 2.48. The number of methoxy groups -OCH3 is 2. The number of ether oxygens (including phenoxy) is 2. The first-order chi connectivity index (χ1) is 15.1. The number of rotatable bonds is 8. The highest BCUT2D eigenvalue weighted by molar-refractivity contribution is 7.89. The smallest absolute Gasteiger partial charge is 0.252 e. The summed E-state index contributed by atoms with van der Waals surface area (Å²) in [6.07, 6.45) is -1.47. The molecule has 172 valence electrons. The fraction of sp³-hybridized carbons (Fsp3) is 0.300. The van der Waals surface area contributed by atoms with E-state index in [-0.39, 0.29) is 20.6 Å². The predicted octanol–water partition coefficient (Wildman–Crippen LogP) is 3.07. The zero-order valence-corrected chi connectivity index (χ0v) is 19.3. The molecule has 0 N–H and O–H groups in total. The Balaban J connectivity index is 2.06. The van der Waals surface area contributed by atoms with Crippen LogP contribution in [0.2, 0.25) is 10.0 Å². The second kappa shape index (κ2) is 9.82. The van der Waals surface area contributed by atoms with Gasteiger partial charge in [0.15, 0.2) is 6.29 Å². The van der Waals surface area contributed by atoms with Gasteiger partial charge in [0, 0.05) is 19.2 Å². The molecule has 8 nitrogen and oxygen atoms in total. The number of amides is 2. The standard InChI is InChI=1S/C20H19Cl2FN2O6S/c1-30-19(31-2)11-24(32(28,29)17-9-12(21)3-8-15(17)22)16-10-18(26)25(20(16)27)14-6-4-13(23)5-7-14/h3-9,16,19H,10-11H2,1-2H3. The van der Waals surface area contributed by atoms with Gasteiger partial charge in [-0.2, -0.15) is 4.31 Å². The van der Waals surface area contributed by atoms with Crippen LogP contribution in [0.4, 0.5) is 10.1 Å². The molecule has 1 aliphatic rings. The van der Waals surface area contributed by atoms with Gasteiger partial charge in [-0.1, -0.05) is 23.2 Å². The van der Waals surface area contributed by atoms with Gasteiger partial charge in [-0.15, -0.1) is 0 Å². The van der Waals surface area contributed by atoms with E-state index >= 15 is 0 Å². The quantitative estimate of drug-likeness (QED) is 0.405. The van der Waals surface area contributed by atoms with Gasteiger partial charge in [0.05, 0.1) is 23.7 Å². The topological polar surface area (TPSA) is 93.2 Å². The third-order valence-corrected chi connectivity index (χ3v) is 7.48. The molecule has 3 rings (SSSR count). The molecule has 0 bridgehead atoms. The molecule has 0 saturated carbocycles. The molecule has 12 heteroatoms. The third-order valence-electron chi connectivity index (χ3n) is 4.89. The van der Waals surface area contributed by atoms with Gasteiger partial charge in [0.2, 0.25) is 15.9 Å². The minimum absolute atomic E-state index is 0.113. The van der Waals surface area contributed by atoms with Crippen molar-refractivity contribution in [1.29, 1.82) is 0 Å². The highest BCUT2D eigenvalue weighted by Crippen LogP contribution is 2.33. The summed E-state index contributed by atoms with van der Waals surface area (Å²) >= 11 is 12.1. The van der Waals surface area contributed by atoms with E-state index in [1.807, 2.05) is 0 Å². The molecule has 0 aliphatic carbocycles. The number of hydrogen-bond acceptors (Lipinski definition) is 6. The van der Waals surface area contributed by atoms with Crippen LogP contribution in [0, 0.1) is 5.82 Å². The van der Waals surface area contributed by atoms with Gasteiger partial charge in [-0.05, 0) is 42.5 Å². The SMILES string of the molecule is COC(CN(C1CC(=O)N(c2ccc(F)cc2)C1=O)S(=O)(=O)c1cc(Cl)ccc1Cl)OC. The minimum Gasteiger partial charge on any atom is -0.354 e. The first-order valence-corrected chi connectivity index (χ1v) is 11.4. The maximum Gasteiger partial charge on any atom is 0.252 e. The van der Waals surface area contributed by atoms with Crippen molar-refractivity contribution in [3.63, 3.8) is 0 Å². The summed E-state index contributed by atoms with van der Waals surface area (Å²) in [4.78, 5) is 26.4. The molecule has 1 aliphatic heterocycles. The Morgan fingerprint density at radius 2 is 1.75 bits per heavy atom. The normalized spacial score (nSPS) is 17.1. The zero-order chi connectivity index (χ0) is 23.6. The number of carbonyl (C=O) groups excluding carboxylic acids is 2. The van der Waals surface area contributed by atoms with Crippen LogP contribution in [0.25, 0.3) is 0 Å². The molecule has 1 unspecified atom stereocenters. The molecular formula is C20H19Cl2FN2O6S. The summed E-state index contributed by atoms with van der Waals surface area (Å²) in [6.45, 7) is -0.404. The lowest BCUT2D eigenvalue weighted by Crippen LogP contribution is -2.49. The van der Waals surface area contributed by atoms with Crippen molar-refractivity contribution in [1.82, 2.24) is 4.31 Å². The van der Waals surface area contributed by atoms with E-state index in [4.69, 9.17) is 32.7 Å². The first-order valence-electron chi connectivity index (χ1n) is 9.25. The van der Waals surface area contributed by atoms with Gasteiger partial charge in [0.25, 0.3) is 5.91 Å². The van der Waals surface area contributed by atoms with Gasteiger partial charge < -0.3 is 9.47 Å².